The van der Waals surface area contributed by atoms with E-state index in [2.05, 4.69) is 12.2 Å². The van der Waals surface area contributed by atoms with Gasteiger partial charge in [-0.3, -0.25) is 4.79 Å². The zero-order valence-electron chi connectivity index (χ0n) is 35.3. The van der Waals surface area contributed by atoms with Crippen LogP contribution in [0.3, 0.4) is 0 Å². The summed E-state index contributed by atoms with van der Waals surface area (Å²) in [6, 6.07) is -0.708. The molecule has 54 heavy (non-hydrogen) atoms. The molecule has 0 saturated carbocycles. The largest absolute Gasteiger partial charge is 0.394 e. The van der Waals surface area contributed by atoms with Gasteiger partial charge in [0, 0.05) is 6.42 Å². The van der Waals surface area contributed by atoms with Gasteiger partial charge in [0.15, 0.2) is 6.29 Å². The highest BCUT2D eigenvalue weighted by atomic mass is 16.7. The summed E-state index contributed by atoms with van der Waals surface area (Å²) < 4.78 is 11.1. The van der Waals surface area contributed by atoms with Gasteiger partial charge < -0.3 is 40.3 Å². The highest BCUT2D eigenvalue weighted by Crippen LogP contribution is 2.23. The van der Waals surface area contributed by atoms with Crippen LogP contribution in [-0.4, -0.2) is 87.5 Å². The molecule has 9 heteroatoms. The number of ether oxygens (including phenoxy) is 2. The third kappa shape index (κ3) is 26.9. The van der Waals surface area contributed by atoms with E-state index >= 15 is 0 Å². The topological polar surface area (TPSA) is 149 Å². The zero-order chi connectivity index (χ0) is 39.5. The summed E-state index contributed by atoms with van der Waals surface area (Å²) in [5.74, 6) is -0.177. The molecule has 1 rings (SSSR count). The predicted molar refractivity (Wildman–Crippen MR) is 221 cm³/mol. The molecule has 1 fully saturated rings. The lowest BCUT2D eigenvalue weighted by Crippen LogP contribution is -2.60. The van der Waals surface area contributed by atoms with Crippen molar-refractivity contribution in [1.29, 1.82) is 0 Å². The number of rotatable bonds is 39. The Kier molecular flexibility index (Phi) is 34.6. The van der Waals surface area contributed by atoms with Gasteiger partial charge in [0.25, 0.3) is 0 Å². The van der Waals surface area contributed by atoms with Crippen molar-refractivity contribution in [2.45, 2.75) is 269 Å². The molecule has 0 aromatic rings. The number of hydrogen-bond donors (Lipinski definition) is 6. The van der Waals surface area contributed by atoms with Crippen molar-refractivity contribution in [3.8, 4) is 0 Å². The van der Waals surface area contributed by atoms with Gasteiger partial charge in [-0.05, 0) is 12.8 Å². The molecule has 6 N–H and O–H groups in total. The van der Waals surface area contributed by atoms with Crippen LogP contribution in [0.15, 0.2) is 0 Å². The first-order valence-corrected chi connectivity index (χ1v) is 23.2. The van der Waals surface area contributed by atoms with Crippen molar-refractivity contribution in [2.75, 3.05) is 13.2 Å². The second kappa shape index (κ2) is 36.5. The Morgan fingerprint density at radius 3 is 1.30 bits per heavy atom. The van der Waals surface area contributed by atoms with Crippen molar-refractivity contribution < 1.29 is 39.8 Å². The first-order valence-electron chi connectivity index (χ1n) is 23.2. The highest BCUT2D eigenvalue weighted by molar-refractivity contribution is 5.76. The van der Waals surface area contributed by atoms with E-state index in [9.17, 15) is 30.3 Å². The monoisotopic (exact) mass is 772 g/mol. The lowest BCUT2D eigenvalue weighted by atomic mass is 9.99. The molecule has 1 aliphatic rings. The molecule has 1 amide bonds. The molecule has 0 spiro atoms. The minimum absolute atomic E-state index is 0.138. The van der Waals surface area contributed by atoms with Crippen LogP contribution in [0.5, 0.6) is 0 Å². The molecule has 0 bridgehead atoms. The van der Waals surface area contributed by atoms with Gasteiger partial charge in [-0.2, -0.15) is 0 Å². The Morgan fingerprint density at radius 2 is 0.926 bits per heavy atom. The van der Waals surface area contributed by atoms with Crippen LogP contribution in [0, 0.1) is 0 Å². The van der Waals surface area contributed by atoms with E-state index in [1.807, 2.05) is 6.92 Å². The number of carbonyl (C=O) groups excluding carboxylic acids is 1. The van der Waals surface area contributed by atoms with Gasteiger partial charge in [-0.25, -0.2) is 0 Å². The molecule has 0 aromatic carbocycles. The molecular formula is C45H89NO8. The van der Waals surface area contributed by atoms with Crippen molar-refractivity contribution in [1.82, 2.24) is 5.32 Å². The Labute approximate surface area is 332 Å². The van der Waals surface area contributed by atoms with E-state index in [0.717, 1.165) is 32.1 Å². The van der Waals surface area contributed by atoms with Crippen molar-refractivity contribution in [2.24, 2.45) is 0 Å². The maximum atomic E-state index is 12.5. The second-order valence-corrected chi connectivity index (χ2v) is 16.6. The van der Waals surface area contributed by atoms with Gasteiger partial charge in [-0.1, -0.05) is 206 Å². The molecule has 7 unspecified atom stereocenters. The molecule has 322 valence electrons. The number of carbonyl (C=O) groups is 1. The average Bonchev–Trinajstić information content (AvgIpc) is 3.17. The number of hydrogen-bond acceptors (Lipinski definition) is 8. The van der Waals surface area contributed by atoms with E-state index in [4.69, 9.17) is 9.47 Å². The third-order valence-corrected chi connectivity index (χ3v) is 11.5. The van der Waals surface area contributed by atoms with Gasteiger partial charge in [-0.15, -0.1) is 0 Å². The van der Waals surface area contributed by atoms with Gasteiger partial charge in [0.2, 0.25) is 5.91 Å². The molecule has 1 saturated heterocycles. The number of nitrogens with one attached hydrogen (secondary N) is 1. The van der Waals surface area contributed by atoms with Crippen LogP contribution >= 0.6 is 0 Å². The quantitative estimate of drug-likeness (QED) is 0.0339. The standard InChI is InChI=1S/C45H89NO8/c1-3-5-7-8-9-10-11-12-13-14-15-16-17-18-19-20-21-22-23-24-25-26-27-28-29-30-31-32-33-34-39(48)38(46-41(49)35-6-4-2)37-53-45-44(52)43(51)42(50)40(36-47)54-45/h38-40,42-45,47-48,50-52H,3-37H2,1-2H3,(H,46,49). The van der Waals surface area contributed by atoms with Crippen LogP contribution in [0.4, 0.5) is 0 Å². The smallest absolute Gasteiger partial charge is 0.220 e. The van der Waals surface area contributed by atoms with Crippen LogP contribution in [0.25, 0.3) is 0 Å². The summed E-state index contributed by atoms with van der Waals surface area (Å²) in [7, 11) is 0. The maximum Gasteiger partial charge on any atom is 0.220 e. The minimum atomic E-state index is -1.54. The molecule has 0 aromatic heterocycles. The summed E-state index contributed by atoms with van der Waals surface area (Å²) in [6.45, 7) is 3.61. The van der Waals surface area contributed by atoms with Crippen LogP contribution < -0.4 is 5.32 Å². The van der Waals surface area contributed by atoms with Crippen molar-refractivity contribution in [3.63, 3.8) is 0 Å². The van der Waals surface area contributed by atoms with E-state index < -0.39 is 49.5 Å². The summed E-state index contributed by atoms with van der Waals surface area (Å²) >= 11 is 0. The van der Waals surface area contributed by atoms with Gasteiger partial charge >= 0.3 is 0 Å². The Bertz CT molecular complexity index is 817. The fourth-order valence-corrected chi connectivity index (χ4v) is 7.67. The number of amides is 1. The molecule has 9 nitrogen and oxygen atoms in total. The first-order chi connectivity index (χ1) is 26.3. The fraction of sp³-hybridized carbons (Fsp3) is 0.978. The van der Waals surface area contributed by atoms with Gasteiger partial charge in [0.05, 0.1) is 25.4 Å². The fourth-order valence-electron chi connectivity index (χ4n) is 7.67. The molecule has 0 radical (unpaired) electrons. The summed E-state index contributed by atoms with van der Waals surface area (Å²) in [4.78, 5) is 12.5. The van der Waals surface area contributed by atoms with Gasteiger partial charge in [0.1, 0.15) is 24.4 Å². The normalized spacial score (nSPS) is 21.4. The van der Waals surface area contributed by atoms with E-state index in [0.29, 0.717) is 12.8 Å². The lowest BCUT2D eigenvalue weighted by Gasteiger charge is -2.40. The van der Waals surface area contributed by atoms with Crippen LogP contribution in [0.2, 0.25) is 0 Å². The Hall–Kier alpha value is -0.810. The van der Waals surface area contributed by atoms with E-state index in [1.165, 1.54) is 167 Å². The molecular weight excluding hydrogens is 682 g/mol. The molecule has 0 aliphatic carbocycles. The average molecular weight is 772 g/mol. The van der Waals surface area contributed by atoms with Crippen LogP contribution in [0.1, 0.15) is 226 Å². The SMILES string of the molecule is CCCCCCCCCCCCCCCCCCCCCCCCCCCCCCCC(O)C(COC1OC(CO)C(O)C(O)C1O)NC(=O)CCCC. The number of aliphatic hydroxyl groups is 5. The molecule has 1 heterocycles. The maximum absolute atomic E-state index is 12.5. The molecule has 1 aliphatic heterocycles. The summed E-state index contributed by atoms with van der Waals surface area (Å²) in [6.07, 6.45) is 34.1. The summed E-state index contributed by atoms with van der Waals surface area (Å²) in [5, 5.41) is 53.6. The van der Waals surface area contributed by atoms with E-state index in [-0.39, 0.29) is 12.5 Å². The third-order valence-electron chi connectivity index (χ3n) is 11.5. The lowest BCUT2D eigenvalue weighted by molar-refractivity contribution is -0.302. The molecule has 7 atom stereocenters. The van der Waals surface area contributed by atoms with Crippen molar-refractivity contribution in [3.05, 3.63) is 0 Å². The van der Waals surface area contributed by atoms with Crippen molar-refractivity contribution >= 4 is 5.91 Å². The predicted octanol–water partition coefficient (Wildman–Crippen LogP) is 9.56. The van der Waals surface area contributed by atoms with Crippen LogP contribution in [-0.2, 0) is 14.3 Å². The number of unbranched alkanes of at least 4 members (excludes halogenated alkanes) is 29. The minimum Gasteiger partial charge on any atom is -0.394 e. The Morgan fingerprint density at radius 1 is 0.556 bits per heavy atom. The second-order valence-electron chi connectivity index (χ2n) is 16.6. The Balaban J connectivity index is 1.98. The van der Waals surface area contributed by atoms with E-state index in [1.54, 1.807) is 0 Å². The first kappa shape index (κ1) is 51.2. The number of aliphatic hydroxyl groups excluding tert-OH is 5. The summed E-state index contributed by atoms with van der Waals surface area (Å²) in [5.41, 5.74) is 0. The zero-order valence-corrected chi connectivity index (χ0v) is 35.3. The highest BCUT2D eigenvalue weighted by Gasteiger charge is 2.44.